The molecule has 0 bridgehead atoms. The molecule has 0 saturated heterocycles. The Hall–Kier alpha value is -2.67. The molecule has 7 heteroatoms. The zero-order valence-corrected chi connectivity index (χ0v) is 15.3. The second-order valence-corrected chi connectivity index (χ2v) is 6.83. The number of furan rings is 1. The molecule has 3 aromatic heterocycles. The Morgan fingerprint density at radius 1 is 1.27 bits per heavy atom. The summed E-state index contributed by atoms with van der Waals surface area (Å²) in [6.07, 6.45) is 6.15. The third-order valence-corrected chi connectivity index (χ3v) is 4.76. The van der Waals surface area contributed by atoms with Crippen LogP contribution in [0.15, 0.2) is 35.3 Å². The maximum Gasteiger partial charge on any atom is 0.232 e. The van der Waals surface area contributed by atoms with Crippen molar-refractivity contribution in [1.82, 2.24) is 24.4 Å². The largest absolute Gasteiger partial charge is 0.475 e. The first-order valence-corrected chi connectivity index (χ1v) is 8.78. The van der Waals surface area contributed by atoms with E-state index in [0.717, 1.165) is 42.4 Å². The summed E-state index contributed by atoms with van der Waals surface area (Å²) >= 11 is 0. The van der Waals surface area contributed by atoms with E-state index in [1.807, 2.05) is 39.4 Å². The maximum absolute atomic E-state index is 5.96. The number of aryl methyl sites for hydroxylation is 3. The predicted molar refractivity (Wildman–Crippen MR) is 95.7 cm³/mol. The standard InChI is InChI=1S/C19H23N5O2/c1-13-7-20-8-19(22-13)25-11-15-6-18-17(21-12-23(18)3)10-24(15)9-16-5-4-14(2)26-16/h4-5,7-8,12,15H,6,9-11H2,1-3H3. The molecule has 1 aliphatic rings. The molecule has 0 N–H and O–H groups in total. The van der Waals surface area contributed by atoms with Crippen molar-refractivity contribution in [3.63, 3.8) is 0 Å². The number of ether oxygens (including phenoxy) is 1. The van der Waals surface area contributed by atoms with E-state index >= 15 is 0 Å². The van der Waals surface area contributed by atoms with Crippen molar-refractivity contribution in [1.29, 1.82) is 0 Å². The van der Waals surface area contributed by atoms with Gasteiger partial charge in [-0.25, -0.2) is 9.97 Å². The van der Waals surface area contributed by atoms with E-state index in [-0.39, 0.29) is 6.04 Å². The minimum absolute atomic E-state index is 0.214. The lowest BCUT2D eigenvalue weighted by Gasteiger charge is -2.34. The van der Waals surface area contributed by atoms with Crippen molar-refractivity contribution in [3.8, 4) is 5.88 Å². The Balaban J connectivity index is 1.52. The molecule has 0 amide bonds. The fourth-order valence-electron chi connectivity index (χ4n) is 3.38. The van der Waals surface area contributed by atoms with Crippen LogP contribution in [0.25, 0.3) is 0 Å². The molecular weight excluding hydrogens is 330 g/mol. The van der Waals surface area contributed by atoms with Crippen molar-refractivity contribution in [2.24, 2.45) is 7.05 Å². The smallest absolute Gasteiger partial charge is 0.232 e. The summed E-state index contributed by atoms with van der Waals surface area (Å²) in [5, 5.41) is 0. The Kier molecular flexibility index (Phi) is 4.46. The van der Waals surface area contributed by atoms with Crippen LogP contribution < -0.4 is 4.74 Å². The fraction of sp³-hybridized carbons (Fsp3) is 0.421. The summed E-state index contributed by atoms with van der Waals surface area (Å²) in [6.45, 7) is 5.94. The molecule has 0 aliphatic carbocycles. The monoisotopic (exact) mass is 353 g/mol. The van der Waals surface area contributed by atoms with Crippen molar-refractivity contribution in [3.05, 3.63) is 59.5 Å². The lowest BCUT2D eigenvalue weighted by Crippen LogP contribution is -2.44. The van der Waals surface area contributed by atoms with E-state index in [9.17, 15) is 0 Å². The van der Waals surface area contributed by atoms with E-state index < -0.39 is 0 Å². The lowest BCUT2D eigenvalue weighted by atomic mass is 10.0. The molecule has 26 heavy (non-hydrogen) atoms. The molecule has 0 fully saturated rings. The van der Waals surface area contributed by atoms with Gasteiger partial charge in [0.05, 0.1) is 36.5 Å². The highest BCUT2D eigenvalue weighted by Crippen LogP contribution is 2.25. The van der Waals surface area contributed by atoms with Gasteiger partial charge in [0.25, 0.3) is 0 Å². The van der Waals surface area contributed by atoms with E-state index in [1.54, 1.807) is 12.4 Å². The molecule has 136 valence electrons. The number of nitrogens with zero attached hydrogens (tertiary/aromatic N) is 5. The molecule has 1 atom stereocenters. The van der Waals surface area contributed by atoms with Gasteiger partial charge in [0.2, 0.25) is 5.88 Å². The SMILES string of the molecule is Cc1cncc(OCC2Cc3c(ncn3C)CN2Cc2ccc(C)o2)n1. The van der Waals surface area contributed by atoms with Crippen LogP contribution in [0.5, 0.6) is 5.88 Å². The Morgan fingerprint density at radius 3 is 2.92 bits per heavy atom. The molecular formula is C19H23N5O2. The molecule has 0 radical (unpaired) electrons. The molecule has 0 spiro atoms. The summed E-state index contributed by atoms with van der Waals surface area (Å²) in [4.78, 5) is 15.4. The first-order valence-electron chi connectivity index (χ1n) is 8.78. The van der Waals surface area contributed by atoms with E-state index in [1.165, 1.54) is 5.69 Å². The van der Waals surface area contributed by atoms with E-state index in [4.69, 9.17) is 9.15 Å². The van der Waals surface area contributed by atoms with Gasteiger partial charge in [0, 0.05) is 31.9 Å². The molecule has 3 aromatic rings. The Labute approximate surface area is 152 Å². The second kappa shape index (κ2) is 6.92. The topological polar surface area (TPSA) is 69.2 Å². The normalized spacial score (nSPS) is 17.3. The van der Waals surface area contributed by atoms with Crippen molar-refractivity contribution >= 4 is 0 Å². The highest BCUT2D eigenvalue weighted by atomic mass is 16.5. The summed E-state index contributed by atoms with van der Waals surface area (Å²) in [6, 6.07) is 4.25. The number of hydrogen-bond donors (Lipinski definition) is 0. The van der Waals surface area contributed by atoms with Crippen LogP contribution in [0.3, 0.4) is 0 Å². The van der Waals surface area contributed by atoms with E-state index in [2.05, 4.69) is 24.4 Å². The van der Waals surface area contributed by atoms with Crippen LogP contribution in [0.4, 0.5) is 0 Å². The first kappa shape index (κ1) is 16.8. The van der Waals surface area contributed by atoms with E-state index in [0.29, 0.717) is 12.5 Å². The average molecular weight is 353 g/mol. The van der Waals surface area contributed by atoms with Crippen molar-refractivity contribution < 1.29 is 9.15 Å². The quantitative estimate of drug-likeness (QED) is 0.702. The van der Waals surface area contributed by atoms with Crippen LogP contribution in [0.2, 0.25) is 0 Å². The fourth-order valence-corrected chi connectivity index (χ4v) is 3.38. The summed E-state index contributed by atoms with van der Waals surface area (Å²) in [7, 11) is 2.04. The van der Waals surface area contributed by atoms with Gasteiger partial charge < -0.3 is 13.7 Å². The molecule has 0 saturated carbocycles. The van der Waals surface area contributed by atoms with Gasteiger partial charge in [-0.05, 0) is 26.0 Å². The van der Waals surface area contributed by atoms with Crippen LogP contribution in [-0.2, 0) is 26.6 Å². The number of rotatable bonds is 5. The van der Waals surface area contributed by atoms with Gasteiger partial charge in [-0.1, -0.05) is 0 Å². The maximum atomic E-state index is 5.96. The van der Waals surface area contributed by atoms with Crippen LogP contribution in [0, 0.1) is 13.8 Å². The highest BCUT2D eigenvalue weighted by Gasteiger charge is 2.30. The third kappa shape index (κ3) is 3.48. The summed E-state index contributed by atoms with van der Waals surface area (Å²) in [5.41, 5.74) is 3.24. The lowest BCUT2D eigenvalue weighted by molar-refractivity contribution is 0.0971. The predicted octanol–water partition coefficient (Wildman–Crippen LogP) is 2.43. The Bertz CT molecular complexity index is 901. The van der Waals surface area contributed by atoms with Crippen LogP contribution >= 0.6 is 0 Å². The number of aromatic nitrogens is 4. The number of hydrogen-bond acceptors (Lipinski definition) is 6. The Morgan fingerprint density at radius 2 is 2.15 bits per heavy atom. The average Bonchev–Trinajstić information content (AvgIpc) is 3.19. The zero-order chi connectivity index (χ0) is 18.1. The number of fused-ring (bicyclic) bond motifs is 1. The van der Waals surface area contributed by atoms with Crippen molar-refractivity contribution in [2.45, 2.75) is 39.4 Å². The minimum Gasteiger partial charge on any atom is -0.475 e. The van der Waals surface area contributed by atoms with Crippen molar-refractivity contribution in [2.75, 3.05) is 6.61 Å². The highest BCUT2D eigenvalue weighted by molar-refractivity contribution is 5.19. The van der Waals surface area contributed by atoms with Gasteiger partial charge in [0.15, 0.2) is 0 Å². The summed E-state index contributed by atoms with van der Waals surface area (Å²) < 4.78 is 13.8. The minimum atomic E-state index is 0.214. The number of imidazole rings is 1. The molecule has 7 nitrogen and oxygen atoms in total. The molecule has 0 aromatic carbocycles. The second-order valence-electron chi connectivity index (χ2n) is 6.83. The molecule has 4 heterocycles. The zero-order valence-electron chi connectivity index (χ0n) is 15.3. The van der Waals surface area contributed by atoms with Gasteiger partial charge in [-0.2, -0.15) is 0 Å². The van der Waals surface area contributed by atoms with Gasteiger partial charge in [-0.3, -0.25) is 9.88 Å². The van der Waals surface area contributed by atoms with Gasteiger partial charge in [0.1, 0.15) is 18.1 Å². The summed E-state index contributed by atoms with van der Waals surface area (Å²) in [5.74, 6) is 2.45. The van der Waals surface area contributed by atoms with Crippen LogP contribution in [0.1, 0.15) is 28.6 Å². The van der Waals surface area contributed by atoms with Gasteiger partial charge in [-0.15, -0.1) is 0 Å². The molecule has 1 aliphatic heterocycles. The molecule has 1 unspecified atom stereocenters. The van der Waals surface area contributed by atoms with Gasteiger partial charge >= 0.3 is 0 Å². The third-order valence-electron chi connectivity index (χ3n) is 4.76. The molecule has 4 rings (SSSR count). The first-order chi connectivity index (χ1) is 12.6. The van der Waals surface area contributed by atoms with Crippen LogP contribution in [-0.4, -0.2) is 37.1 Å².